The molecule has 4 aliphatic carbocycles. The number of rotatable bonds is 0. The van der Waals surface area contributed by atoms with E-state index in [0.717, 1.165) is 56.3 Å². The molecule has 0 amide bonds. The first kappa shape index (κ1) is 18.8. The summed E-state index contributed by atoms with van der Waals surface area (Å²) in [4.78, 5) is 12.5. The maximum absolute atomic E-state index is 12.5. The highest BCUT2D eigenvalue weighted by Crippen LogP contribution is 2.61. The lowest BCUT2D eigenvalue weighted by atomic mass is 9.50. The highest BCUT2D eigenvalue weighted by atomic mass is 28.3. The van der Waals surface area contributed by atoms with Gasteiger partial charge in [0, 0.05) is 11.8 Å². The number of aliphatic hydroxyl groups is 1. The Balaban J connectivity index is 1.50. The smallest absolute Gasteiger partial charge is 0.139 e. The number of carbonyl (C=O) groups is 1. The maximum Gasteiger partial charge on any atom is 0.139 e. The molecule has 1 unspecified atom stereocenters. The number of fused-ring (bicyclic) bond motifs is 5. The number of hydrogen-bond donors (Lipinski definition) is 1. The van der Waals surface area contributed by atoms with E-state index in [1.807, 2.05) is 0 Å². The Morgan fingerprint density at radius 3 is 2.46 bits per heavy atom. The number of carbonyl (C=O) groups excluding carboxylic acids is 1. The van der Waals surface area contributed by atoms with Crippen molar-refractivity contribution in [3.05, 3.63) is 0 Å². The summed E-state index contributed by atoms with van der Waals surface area (Å²) >= 11 is 0. The van der Waals surface area contributed by atoms with E-state index in [1.54, 1.807) is 0 Å². The second-order valence-electron chi connectivity index (χ2n) is 11.1. The zero-order chi connectivity index (χ0) is 18.7. The third-order valence-electron chi connectivity index (χ3n) is 8.39. The predicted molar refractivity (Wildman–Crippen MR) is 108 cm³/mol. The molecule has 0 spiro atoms. The molecule has 0 aromatic rings. The summed E-state index contributed by atoms with van der Waals surface area (Å²) in [7, 11) is -1.44. The molecule has 0 bridgehead atoms. The van der Waals surface area contributed by atoms with Crippen LogP contribution in [0.25, 0.3) is 0 Å². The second-order valence-corrected chi connectivity index (χ2v) is 15.9. The summed E-state index contributed by atoms with van der Waals surface area (Å²) in [5.41, 5.74) is 2.68. The van der Waals surface area contributed by atoms with Crippen molar-refractivity contribution in [3.63, 3.8) is 0 Å². The van der Waals surface area contributed by atoms with Crippen LogP contribution in [0.3, 0.4) is 0 Å². The minimum atomic E-state index is -1.44. The van der Waals surface area contributed by atoms with E-state index in [2.05, 4.69) is 38.0 Å². The fourth-order valence-corrected chi connectivity index (χ4v) is 7.67. The van der Waals surface area contributed by atoms with Gasteiger partial charge in [0.15, 0.2) is 0 Å². The van der Waals surface area contributed by atoms with Gasteiger partial charge in [-0.15, -0.1) is 5.54 Å². The van der Waals surface area contributed by atoms with Gasteiger partial charge >= 0.3 is 0 Å². The minimum absolute atomic E-state index is 0.00772. The third-order valence-corrected chi connectivity index (χ3v) is 9.26. The second kappa shape index (κ2) is 6.21. The number of ketones is 1. The van der Waals surface area contributed by atoms with Crippen molar-refractivity contribution in [2.75, 3.05) is 0 Å². The summed E-state index contributed by atoms with van der Waals surface area (Å²) in [6.45, 7) is 9.02. The molecule has 0 aliphatic heterocycles. The molecule has 26 heavy (non-hydrogen) atoms. The van der Waals surface area contributed by atoms with E-state index in [1.165, 1.54) is 19.3 Å². The van der Waals surface area contributed by atoms with Crippen molar-refractivity contribution >= 4 is 13.9 Å². The minimum Gasteiger partial charge on any atom is -0.378 e. The number of hydrogen-bond acceptors (Lipinski definition) is 2. The molecule has 4 fully saturated rings. The van der Waals surface area contributed by atoms with Crippen LogP contribution in [0.4, 0.5) is 0 Å². The van der Waals surface area contributed by atoms with Gasteiger partial charge in [-0.3, -0.25) is 4.79 Å². The molecule has 144 valence electrons. The van der Waals surface area contributed by atoms with Gasteiger partial charge < -0.3 is 5.11 Å². The highest BCUT2D eigenvalue weighted by molar-refractivity contribution is 6.83. The first-order chi connectivity index (χ1) is 12.1. The van der Waals surface area contributed by atoms with Gasteiger partial charge in [-0.25, -0.2) is 0 Å². The lowest BCUT2D eigenvalue weighted by molar-refractivity contribution is -0.134. The summed E-state index contributed by atoms with van der Waals surface area (Å²) in [5, 5.41) is 11.1. The Kier molecular flexibility index (Phi) is 4.48. The summed E-state index contributed by atoms with van der Waals surface area (Å²) in [6, 6.07) is 0. The first-order valence-electron chi connectivity index (χ1n) is 10.9. The fourth-order valence-electron chi connectivity index (χ4n) is 7.07. The Labute approximate surface area is 160 Å². The zero-order valence-electron chi connectivity index (χ0n) is 17.1. The fraction of sp³-hybridized carbons (Fsp3) is 0.870. The zero-order valence-corrected chi connectivity index (χ0v) is 18.1. The quantitative estimate of drug-likeness (QED) is 0.489. The molecule has 0 heterocycles. The van der Waals surface area contributed by atoms with E-state index in [4.69, 9.17) is 0 Å². The Hall–Kier alpha value is -0.593. The normalized spacial score (nSPS) is 48.0. The van der Waals surface area contributed by atoms with Crippen molar-refractivity contribution < 1.29 is 9.90 Å². The van der Waals surface area contributed by atoms with Gasteiger partial charge in [-0.2, -0.15) is 0 Å². The molecule has 1 N–H and O–H groups in total. The molecule has 4 rings (SSSR count). The van der Waals surface area contributed by atoms with Crippen molar-refractivity contribution in [1.29, 1.82) is 0 Å². The predicted octanol–water partition coefficient (Wildman–Crippen LogP) is 4.82. The van der Waals surface area contributed by atoms with Crippen molar-refractivity contribution in [3.8, 4) is 11.5 Å². The van der Waals surface area contributed by atoms with E-state index in [9.17, 15) is 9.90 Å². The largest absolute Gasteiger partial charge is 0.378 e. The average Bonchev–Trinajstić information content (AvgIpc) is 2.87. The molecule has 4 aliphatic rings. The van der Waals surface area contributed by atoms with Gasteiger partial charge in [-0.05, 0) is 81.0 Å². The van der Waals surface area contributed by atoms with E-state index >= 15 is 0 Å². The van der Waals surface area contributed by atoms with Crippen LogP contribution in [0.5, 0.6) is 0 Å². The van der Waals surface area contributed by atoms with Crippen LogP contribution in [0.15, 0.2) is 0 Å². The number of Topliss-reactive ketones (excluding diaryl/α,β-unsaturated/α-hetero) is 1. The first-order valence-corrected chi connectivity index (χ1v) is 14.4. The average molecular weight is 373 g/mol. The van der Waals surface area contributed by atoms with Crippen LogP contribution < -0.4 is 0 Å². The SMILES string of the molecule is C[C@]12CCC3[C@H]4CC[C@](O)(C#C[Si](C)(C)C)C[C@H]4CC[C@H]3[C@@H]1CCC2=O. The van der Waals surface area contributed by atoms with Crippen LogP contribution >= 0.6 is 0 Å². The van der Waals surface area contributed by atoms with E-state index in [0.29, 0.717) is 17.6 Å². The Morgan fingerprint density at radius 1 is 1.00 bits per heavy atom. The van der Waals surface area contributed by atoms with Gasteiger partial charge in [0.1, 0.15) is 19.5 Å². The van der Waals surface area contributed by atoms with Gasteiger partial charge in [0.25, 0.3) is 0 Å². The third kappa shape index (κ3) is 3.12. The molecule has 0 radical (unpaired) electrons. The van der Waals surface area contributed by atoms with Crippen LogP contribution in [-0.4, -0.2) is 24.6 Å². The van der Waals surface area contributed by atoms with Crippen molar-refractivity contribution in [2.45, 2.75) is 90.0 Å². The highest BCUT2D eigenvalue weighted by Gasteiger charge is 2.57. The topological polar surface area (TPSA) is 37.3 Å². The van der Waals surface area contributed by atoms with Gasteiger partial charge in [0.2, 0.25) is 0 Å². The van der Waals surface area contributed by atoms with Gasteiger partial charge in [0.05, 0.1) is 0 Å². The summed E-state index contributed by atoms with van der Waals surface area (Å²) < 4.78 is 0. The standard InChI is InChI=1S/C23H36O2Si/c1-22-11-9-18-17-10-12-23(25,13-14-26(2,3)4)15-16(17)5-6-19(18)20(22)7-8-21(22)24/h16-20,25H,5-12,15H2,1-4H3/t16-,17+,18?,19-,20+,22+,23+/m1/s1. The lowest BCUT2D eigenvalue weighted by Gasteiger charge is -2.55. The molecule has 0 aromatic heterocycles. The maximum atomic E-state index is 12.5. The summed E-state index contributed by atoms with van der Waals surface area (Å²) in [5.74, 6) is 7.47. The Morgan fingerprint density at radius 2 is 1.73 bits per heavy atom. The van der Waals surface area contributed by atoms with Crippen LogP contribution in [0, 0.1) is 46.5 Å². The van der Waals surface area contributed by atoms with Gasteiger partial charge in [-0.1, -0.05) is 32.5 Å². The van der Waals surface area contributed by atoms with Crippen molar-refractivity contribution in [2.24, 2.45) is 35.0 Å². The summed E-state index contributed by atoms with van der Waals surface area (Å²) in [6.07, 6.45) is 9.71. The lowest BCUT2D eigenvalue weighted by Crippen LogP contribution is -2.50. The molecule has 3 heteroatoms. The van der Waals surface area contributed by atoms with Crippen molar-refractivity contribution in [1.82, 2.24) is 0 Å². The molecular weight excluding hydrogens is 336 g/mol. The molecule has 0 saturated heterocycles. The van der Waals surface area contributed by atoms with E-state index < -0.39 is 13.7 Å². The van der Waals surface area contributed by atoms with Crippen LogP contribution in [0.1, 0.15) is 64.7 Å². The van der Waals surface area contributed by atoms with Crippen LogP contribution in [-0.2, 0) is 4.79 Å². The molecule has 7 atom stereocenters. The van der Waals surface area contributed by atoms with E-state index in [-0.39, 0.29) is 5.41 Å². The molecule has 4 saturated carbocycles. The van der Waals surface area contributed by atoms with Crippen LogP contribution in [0.2, 0.25) is 19.6 Å². The Bertz CT molecular complexity index is 653. The monoisotopic (exact) mass is 372 g/mol. The molecule has 2 nitrogen and oxygen atoms in total. The molecule has 0 aromatic carbocycles. The molecular formula is C23H36O2Si.